The van der Waals surface area contributed by atoms with E-state index in [2.05, 4.69) is 0 Å². The van der Waals surface area contributed by atoms with Crippen LogP contribution < -0.4 is 4.74 Å². The van der Waals surface area contributed by atoms with Crippen LogP contribution in [0.3, 0.4) is 0 Å². The lowest BCUT2D eigenvalue weighted by atomic mass is 9.82. The Kier molecular flexibility index (Phi) is 4.76. The highest BCUT2D eigenvalue weighted by Crippen LogP contribution is 2.41. The molecule has 2 aliphatic heterocycles. The van der Waals surface area contributed by atoms with Gasteiger partial charge in [0.25, 0.3) is 0 Å². The van der Waals surface area contributed by atoms with E-state index >= 15 is 0 Å². The number of carbonyl (C=O) groups is 1. The van der Waals surface area contributed by atoms with Gasteiger partial charge in [-0.05, 0) is 61.4 Å². The zero-order valence-electron chi connectivity index (χ0n) is 15.9. The van der Waals surface area contributed by atoms with Gasteiger partial charge in [0.15, 0.2) is 5.78 Å². The Labute approximate surface area is 170 Å². The molecular formula is C21H22ClNO4S. The molecule has 0 N–H and O–H groups in total. The molecule has 0 atom stereocenters. The molecule has 4 rings (SSSR count). The van der Waals surface area contributed by atoms with Crippen molar-refractivity contribution in [3.8, 4) is 5.75 Å². The van der Waals surface area contributed by atoms with E-state index in [4.69, 9.17) is 16.3 Å². The Morgan fingerprint density at radius 3 is 2.29 bits per heavy atom. The number of hydrogen-bond acceptors (Lipinski definition) is 4. The summed E-state index contributed by atoms with van der Waals surface area (Å²) in [5.74, 6) is 0.687. The number of aryl methyl sites for hydroxylation is 2. The molecule has 1 spiro atoms. The highest BCUT2D eigenvalue weighted by molar-refractivity contribution is 7.89. The largest absolute Gasteiger partial charge is 0.486 e. The molecule has 2 aromatic carbocycles. The van der Waals surface area contributed by atoms with Gasteiger partial charge in [-0.15, -0.1) is 0 Å². The van der Waals surface area contributed by atoms with Crippen LogP contribution in [0, 0.1) is 13.8 Å². The van der Waals surface area contributed by atoms with Gasteiger partial charge in [-0.3, -0.25) is 4.79 Å². The number of fused-ring (bicyclic) bond motifs is 1. The maximum absolute atomic E-state index is 12.9. The fourth-order valence-electron chi connectivity index (χ4n) is 3.92. The van der Waals surface area contributed by atoms with Crippen molar-refractivity contribution >= 4 is 27.4 Å². The average Bonchev–Trinajstić information content (AvgIpc) is 2.64. The Morgan fingerprint density at radius 1 is 1.04 bits per heavy atom. The van der Waals surface area contributed by atoms with E-state index in [1.807, 2.05) is 26.0 Å². The van der Waals surface area contributed by atoms with Crippen molar-refractivity contribution in [1.29, 1.82) is 0 Å². The molecule has 0 radical (unpaired) electrons. The summed E-state index contributed by atoms with van der Waals surface area (Å²) in [5, 5.41) is 0.495. The van der Waals surface area contributed by atoms with Crippen molar-refractivity contribution in [3.63, 3.8) is 0 Å². The number of ketones is 1. The lowest BCUT2D eigenvalue weighted by Gasteiger charge is -2.43. The Hall–Kier alpha value is -1.89. The van der Waals surface area contributed by atoms with Crippen molar-refractivity contribution < 1.29 is 17.9 Å². The predicted octanol–water partition coefficient (Wildman–Crippen LogP) is 4.15. The number of Topliss-reactive ketones (excluding diaryl/α,β-unsaturated/α-hetero) is 1. The van der Waals surface area contributed by atoms with Gasteiger partial charge in [-0.1, -0.05) is 11.6 Å². The molecule has 2 aromatic rings. The Bertz CT molecular complexity index is 1040. The van der Waals surface area contributed by atoms with Crippen LogP contribution in [0.15, 0.2) is 41.3 Å². The second-order valence-electron chi connectivity index (χ2n) is 7.68. The first-order valence-corrected chi connectivity index (χ1v) is 11.1. The van der Waals surface area contributed by atoms with Gasteiger partial charge in [0.2, 0.25) is 10.0 Å². The van der Waals surface area contributed by atoms with Crippen LogP contribution in [0.2, 0.25) is 5.02 Å². The van der Waals surface area contributed by atoms with E-state index in [0.29, 0.717) is 42.3 Å². The number of benzene rings is 2. The van der Waals surface area contributed by atoms with Gasteiger partial charge < -0.3 is 4.74 Å². The molecule has 0 amide bonds. The van der Waals surface area contributed by atoms with Crippen molar-refractivity contribution in [1.82, 2.24) is 4.31 Å². The molecule has 28 heavy (non-hydrogen) atoms. The molecule has 0 aliphatic carbocycles. The van der Waals surface area contributed by atoms with E-state index in [9.17, 15) is 13.2 Å². The molecule has 0 unspecified atom stereocenters. The summed E-state index contributed by atoms with van der Waals surface area (Å²) in [6, 6.07) is 9.99. The van der Waals surface area contributed by atoms with Gasteiger partial charge in [0, 0.05) is 31.0 Å². The normalized spacial score (nSPS) is 19.3. The quantitative estimate of drug-likeness (QED) is 0.733. The second-order valence-corrected chi connectivity index (χ2v) is 10.1. The third-order valence-electron chi connectivity index (χ3n) is 5.79. The van der Waals surface area contributed by atoms with Crippen LogP contribution >= 0.6 is 11.6 Å². The van der Waals surface area contributed by atoms with Crippen LogP contribution in [0.4, 0.5) is 0 Å². The fourth-order valence-corrected chi connectivity index (χ4v) is 5.49. The molecular weight excluding hydrogens is 398 g/mol. The first-order chi connectivity index (χ1) is 13.2. The van der Waals surface area contributed by atoms with Crippen molar-refractivity contribution in [2.24, 2.45) is 0 Å². The summed E-state index contributed by atoms with van der Waals surface area (Å²) in [6.45, 7) is 4.61. The monoisotopic (exact) mass is 419 g/mol. The van der Waals surface area contributed by atoms with Gasteiger partial charge >= 0.3 is 0 Å². The maximum atomic E-state index is 12.9. The molecule has 0 saturated carbocycles. The van der Waals surface area contributed by atoms with Crippen LogP contribution in [-0.4, -0.2) is 37.2 Å². The van der Waals surface area contributed by atoms with E-state index < -0.39 is 15.6 Å². The van der Waals surface area contributed by atoms with Crippen LogP contribution in [0.1, 0.15) is 40.7 Å². The first-order valence-electron chi connectivity index (χ1n) is 9.29. The van der Waals surface area contributed by atoms with Crippen molar-refractivity contribution in [2.45, 2.75) is 43.6 Å². The number of carbonyl (C=O) groups excluding carboxylic acids is 1. The Morgan fingerprint density at radius 2 is 1.64 bits per heavy atom. The lowest BCUT2D eigenvalue weighted by Crippen LogP contribution is -2.52. The van der Waals surface area contributed by atoms with Gasteiger partial charge in [0.05, 0.1) is 16.9 Å². The number of piperidine rings is 1. The smallest absolute Gasteiger partial charge is 0.243 e. The number of nitrogens with zero attached hydrogens (tertiary/aromatic N) is 1. The molecule has 7 heteroatoms. The summed E-state index contributed by atoms with van der Waals surface area (Å²) in [6.07, 6.45) is 1.26. The molecule has 1 fully saturated rings. The highest BCUT2D eigenvalue weighted by Gasteiger charge is 2.45. The minimum absolute atomic E-state index is 0.0679. The van der Waals surface area contributed by atoms with Gasteiger partial charge in [-0.2, -0.15) is 4.31 Å². The number of sulfonamides is 1. The number of halogens is 1. The lowest BCUT2D eigenvalue weighted by molar-refractivity contribution is 0.00585. The van der Waals surface area contributed by atoms with Crippen molar-refractivity contribution in [2.75, 3.05) is 13.1 Å². The molecule has 2 aliphatic rings. The van der Waals surface area contributed by atoms with E-state index in [0.717, 1.165) is 11.1 Å². The summed E-state index contributed by atoms with van der Waals surface area (Å²) >= 11 is 5.86. The van der Waals surface area contributed by atoms with Gasteiger partial charge in [-0.25, -0.2) is 8.42 Å². The molecule has 148 valence electrons. The summed E-state index contributed by atoms with van der Waals surface area (Å²) in [5.41, 5.74) is 2.14. The Balaban J connectivity index is 1.54. The third-order valence-corrected chi connectivity index (χ3v) is 7.96. The molecule has 0 aromatic heterocycles. The highest BCUT2D eigenvalue weighted by atomic mass is 35.5. The summed E-state index contributed by atoms with van der Waals surface area (Å²) < 4.78 is 33.5. The zero-order valence-corrected chi connectivity index (χ0v) is 17.4. The predicted molar refractivity (Wildman–Crippen MR) is 108 cm³/mol. The van der Waals surface area contributed by atoms with Crippen LogP contribution in [0.5, 0.6) is 5.75 Å². The zero-order chi connectivity index (χ0) is 20.1. The van der Waals surface area contributed by atoms with E-state index in [1.54, 1.807) is 12.1 Å². The number of ether oxygens (including phenoxy) is 1. The average molecular weight is 420 g/mol. The number of hydrogen-bond donors (Lipinski definition) is 0. The SMILES string of the molecule is Cc1cc2c(cc1C)C(=O)CC1(CCN(S(=O)(=O)c3ccc(Cl)cc3)CC1)O2. The number of rotatable bonds is 2. The van der Waals surface area contributed by atoms with Crippen LogP contribution in [0.25, 0.3) is 0 Å². The van der Waals surface area contributed by atoms with Gasteiger partial charge in [0.1, 0.15) is 11.4 Å². The minimum Gasteiger partial charge on any atom is -0.486 e. The van der Waals surface area contributed by atoms with Crippen LogP contribution in [-0.2, 0) is 10.0 Å². The van der Waals surface area contributed by atoms with E-state index in [-0.39, 0.29) is 17.1 Å². The topological polar surface area (TPSA) is 63.7 Å². The molecule has 2 heterocycles. The summed E-state index contributed by atoms with van der Waals surface area (Å²) in [7, 11) is -3.59. The van der Waals surface area contributed by atoms with E-state index in [1.165, 1.54) is 16.4 Å². The standard InChI is InChI=1S/C21H22ClNO4S/c1-14-11-18-19(24)13-21(27-20(18)12-15(14)2)7-9-23(10-8-21)28(25,26)17-5-3-16(22)4-6-17/h3-6,11-12H,7-10,13H2,1-2H3. The van der Waals surface area contributed by atoms with Crippen molar-refractivity contribution in [3.05, 3.63) is 58.1 Å². The molecule has 5 nitrogen and oxygen atoms in total. The second kappa shape index (κ2) is 6.87. The maximum Gasteiger partial charge on any atom is 0.243 e. The first kappa shape index (κ1) is 19.4. The summed E-state index contributed by atoms with van der Waals surface area (Å²) in [4.78, 5) is 13.0. The fraction of sp³-hybridized carbons (Fsp3) is 0.381. The third kappa shape index (κ3) is 3.34. The molecule has 0 bridgehead atoms. The molecule has 1 saturated heterocycles. The minimum atomic E-state index is -3.59.